The third-order valence-electron chi connectivity index (χ3n) is 30.8. The summed E-state index contributed by atoms with van der Waals surface area (Å²) in [5.41, 5.74) is 38.2. The van der Waals surface area contributed by atoms with Crippen LogP contribution in [0.5, 0.6) is 34.5 Å². The predicted molar refractivity (Wildman–Crippen MR) is 667 cm³/mol. The van der Waals surface area contributed by atoms with Crippen LogP contribution in [0.15, 0.2) is 97.1 Å². The number of benzene rings is 8. The van der Waals surface area contributed by atoms with Crippen LogP contribution in [0, 0.1) is 17.8 Å². The number of ether oxygens (including phenoxy) is 6. The molecule has 0 atom stereocenters. The van der Waals surface area contributed by atoms with E-state index in [1.54, 1.807) is 0 Å². The molecule has 8 rings (SSSR count). The lowest BCUT2D eigenvalue weighted by molar-refractivity contribution is 0.195. The summed E-state index contributed by atoms with van der Waals surface area (Å²) < 4.78 is 38.7. The Morgan fingerprint density at radius 1 is 0.233 bits per heavy atom. The van der Waals surface area contributed by atoms with E-state index in [2.05, 4.69) is 526 Å². The molecule has 6 nitrogen and oxygen atoms in total. The highest BCUT2D eigenvalue weighted by molar-refractivity contribution is 5.64. The van der Waals surface area contributed by atoms with Crippen molar-refractivity contribution >= 4 is 0 Å². The van der Waals surface area contributed by atoms with Gasteiger partial charge in [-0.15, -0.1) is 0 Å². The summed E-state index contributed by atoms with van der Waals surface area (Å²) in [7, 11) is 0. The van der Waals surface area contributed by atoms with Gasteiger partial charge >= 0.3 is 0 Å². The molecular weight excluding hydrogens is 1830 g/mol. The predicted octanol–water partition coefficient (Wildman–Crippen LogP) is 43.3. The molecule has 0 heterocycles. The van der Waals surface area contributed by atoms with Gasteiger partial charge in [-0.05, 0) is 361 Å². The van der Waals surface area contributed by atoms with Crippen molar-refractivity contribution in [1.82, 2.24) is 0 Å². The van der Waals surface area contributed by atoms with Crippen LogP contribution in [0.4, 0.5) is 0 Å². The van der Waals surface area contributed by atoms with Crippen molar-refractivity contribution in [3.8, 4) is 34.5 Å². The average Bonchev–Trinajstić information content (AvgIpc) is 0.717. The molecule has 848 valence electrons. The average molecular weight is 2060 g/mol. The van der Waals surface area contributed by atoms with Gasteiger partial charge in [0.2, 0.25) is 0 Å². The summed E-state index contributed by atoms with van der Waals surface area (Å²) in [6, 6.07) is 36.1. The molecule has 0 aliphatic carbocycles. The molecule has 0 spiro atoms. The van der Waals surface area contributed by atoms with Crippen molar-refractivity contribution in [2.45, 2.75) is 621 Å². The van der Waals surface area contributed by atoms with Crippen LogP contribution in [0.25, 0.3) is 0 Å². The SMILES string of the molecule is CCc1c(C(C)(C)C)cc(C(C)C)c(OC(C)C)c1C(C)(C)C(C)(C)C.CCc1c(C(C)(C)C)cc(C(C)C)c(OC(C)C)c1C(C)(C)c1ccccc1.CCc1c(C(C)(C)C)cc(C(C)C)c(OC(C)C)c1C(CC)(CC)CC.CCc1c(C(C)(C)C)cc(C(C)C)c(OC(C)C)c1CC(C)(C)C.CCc1c(C(C)(C)C)cc(C(C)C)c(OC(C)C)c1Cc1ccccc1.CCc1c(C)cc(C(C)C)c(OC(C)C)c1C(C)(C)C. The highest BCUT2D eigenvalue weighted by Crippen LogP contribution is 2.56. The van der Waals surface area contributed by atoms with E-state index in [-0.39, 0.29) is 96.2 Å². The maximum atomic E-state index is 6.56. The molecule has 0 bridgehead atoms. The fraction of sp³-hybridized carbons (Fsp3) is 0.667. The number of aryl methyl sites for hydroxylation is 1. The van der Waals surface area contributed by atoms with Gasteiger partial charge in [-0.3, -0.25) is 0 Å². The van der Waals surface area contributed by atoms with Crippen LogP contribution in [-0.4, -0.2) is 36.6 Å². The summed E-state index contributed by atoms with van der Waals surface area (Å²) in [4.78, 5) is 0. The zero-order valence-electron chi connectivity index (χ0n) is 110. The largest absolute Gasteiger partial charge is 0.490 e. The van der Waals surface area contributed by atoms with Crippen LogP contribution >= 0.6 is 0 Å². The lowest BCUT2D eigenvalue weighted by Crippen LogP contribution is -2.37. The second-order valence-electron chi connectivity index (χ2n) is 56.8. The molecule has 0 N–H and O–H groups in total. The minimum absolute atomic E-state index is 0.00741. The second-order valence-corrected chi connectivity index (χ2v) is 56.8. The fourth-order valence-corrected chi connectivity index (χ4v) is 22.1. The quantitative estimate of drug-likeness (QED) is 0.0401. The topological polar surface area (TPSA) is 55.4 Å². The van der Waals surface area contributed by atoms with E-state index in [1.807, 2.05) is 0 Å². The first-order valence-electron chi connectivity index (χ1n) is 59.7. The maximum Gasteiger partial charge on any atom is 0.127 e. The lowest BCUT2D eigenvalue weighted by Gasteiger charge is -2.44. The van der Waals surface area contributed by atoms with E-state index in [0.717, 1.165) is 99.4 Å². The number of rotatable bonds is 34. The van der Waals surface area contributed by atoms with E-state index < -0.39 is 0 Å². The molecule has 0 aliphatic heterocycles. The van der Waals surface area contributed by atoms with Gasteiger partial charge in [0.1, 0.15) is 34.5 Å². The maximum absolute atomic E-state index is 6.56. The minimum atomic E-state index is -0.137. The van der Waals surface area contributed by atoms with E-state index in [9.17, 15) is 0 Å². The molecule has 0 radical (unpaired) electrons. The summed E-state index contributed by atoms with van der Waals surface area (Å²) in [5, 5.41) is 0. The standard InChI is InChI=1S/C27H40O.C25H36O.2C25H44O.C23H40O.C19H32O/c1-11-21-23(26(6,7)8)17-22(18(2)3)25(28-19(4)5)24(21)27(9,10)20-15-13-12-14-16-20;1-9-20-22(15-19-13-11-10-12-14-19)24(26-18(4)5)21(17(2)3)16-23(20)25(6,7)8;1-14-18-20(23(6,7)8)15-19(16(2)3)22(26-17(4)5)21(18)25(12,13)24(9,10)11;1-12-19-21(24(9,10)11)16-20(17(5)6)23(26-18(7)8)22(19)25(13-2,14-3)15-4;1-12-17-19(14-22(6,7)8)21(24-16(4)5)18(15(2)3)13-20(17)23(9,10)11;1-10-15-14(6)11-16(12(2)3)18(20-13(4)5)17(15)19(7,8)9/h12-19H,11H2,1-10H3;10-14,16-18H,9,15H2,1-8H3;15-17H,14H2,1-13H3;16-18H,12-15H2,1-11H3;13,15-16H,12,14H2,1-11H3;11-13H,10H2,1-9H3. The van der Waals surface area contributed by atoms with E-state index in [1.165, 1.54) is 150 Å². The highest BCUT2D eigenvalue weighted by atomic mass is 16.5. The third kappa shape index (κ3) is 36.1. The molecule has 0 amide bonds. The molecule has 0 unspecified atom stereocenters. The first-order chi connectivity index (χ1) is 68.5. The van der Waals surface area contributed by atoms with Gasteiger partial charge in [0.15, 0.2) is 0 Å². The summed E-state index contributed by atoms with van der Waals surface area (Å²) in [5.74, 6) is 9.50. The van der Waals surface area contributed by atoms with E-state index >= 15 is 0 Å². The molecule has 0 aromatic heterocycles. The van der Waals surface area contributed by atoms with Crippen LogP contribution in [0.3, 0.4) is 0 Å². The zero-order valence-corrected chi connectivity index (χ0v) is 110. The molecule has 0 saturated carbocycles. The van der Waals surface area contributed by atoms with Gasteiger partial charge in [0.05, 0.1) is 36.6 Å². The van der Waals surface area contributed by atoms with Gasteiger partial charge in [-0.25, -0.2) is 0 Å². The minimum Gasteiger partial charge on any atom is -0.490 e. The van der Waals surface area contributed by atoms with Gasteiger partial charge < -0.3 is 28.4 Å². The van der Waals surface area contributed by atoms with Crippen LogP contribution in [-0.2, 0) is 100 Å². The van der Waals surface area contributed by atoms with E-state index in [4.69, 9.17) is 28.4 Å². The Balaban J connectivity index is 0.000000463. The van der Waals surface area contributed by atoms with Gasteiger partial charge in [-0.2, -0.15) is 0 Å². The molecule has 0 saturated heterocycles. The van der Waals surface area contributed by atoms with Crippen molar-refractivity contribution in [3.05, 3.63) is 242 Å². The zero-order chi connectivity index (χ0) is 116. The normalized spacial score (nSPS) is 12.8. The Kier molecular flexibility index (Phi) is 51.0. The van der Waals surface area contributed by atoms with Crippen molar-refractivity contribution in [3.63, 3.8) is 0 Å². The van der Waals surface area contributed by atoms with Gasteiger partial charge in [-0.1, -0.05) is 436 Å². The van der Waals surface area contributed by atoms with Crippen molar-refractivity contribution in [2.24, 2.45) is 10.8 Å². The highest BCUT2D eigenvalue weighted by Gasteiger charge is 2.44. The van der Waals surface area contributed by atoms with Crippen molar-refractivity contribution < 1.29 is 28.4 Å². The van der Waals surface area contributed by atoms with E-state index in [0.29, 0.717) is 35.5 Å². The van der Waals surface area contributed by atoms with Crippen LogP contribution < -0.4 is 28.4 Å². The van der Waals surface area contributed by atoms with Crippen molar-refractivity contribution in [1.29, 1.82) is 0 Å². The van der Waals surface area contributed by atoms with Gasteiger partial charge in [0.25, 0.3) is 0 Å². The molecule has 6 heteroatoms. The van der Waals surface area contributed by atoms with Crippen LogP contribution in [0.1, 0.15) is 622 Å². The molecule has 8 aromatic rings. The monoisotopic (exact) mass is 2060 g/mol. The Morgan fingerprint density at radius 3 is 0.740 bits per heavy atom. The molecule has 150 heavy (non-hydrogen) atoms. The Morgan fingerprint density at radius 2 is 0.473 bits per heavy atom. The lowest BCUT2D eigenvalue weighted by atomic mass is 9.62. The smallest absolute Gasteiger partial charge is 0.127 e. The number of hydrogen-bond donors (Lipinski definition) is 0. The third-order valence-corrected chi connectivity index (χ3v) is 30.8. The summed E-state index contributed by atoms with van der Waals surface area (Å²) >= 11 is 0. The van der Waals surface area contributed by atoms with Gasteiger partial charge in [0, 0.05) is 39.7 Å². The Bertz CT molecular complexity index is 5380. The molecular formula is C144H236O6. The molecule has 0 aliphatic rings. The summed E-state index contributed by atoms with van der Waals surface area (Å²) in [6.07, 6.45) is 12.8. The second kappa shape index (κ2) is 56.0. The fourth-order valence-electron chi connectivity index (χ4n) is 22.1. The molecule has 8 aromatic carbocycles. The Labute approximate surface area is 930 Å². The first-order valence-corrected chi connectivity index (χ1v) is 59.7. The van der Waals surface area contributed by atoms with Crippen molar-refractivity contribution in [2.75, 3.05) is 0 Å². The molecule has 0 fully saturated rings. The Hall–Kier alpha value is -7.44. The first kappa shape index (κ1) is 137. The summed E-state index contributed by atoms with van der Waals surface area (Å²) in [6.45, 7) is 141. The number of hydrogen-bond acceptors (Lipinski definition) is 6. The van der Waals surface area contributed by atoms with Crippen LogP contribution in [0.2, 0.25) is 0 Å².